The molecule has 1 fully saturated rings. The minimum Gasteiger partial charge on any atom is -0.490 e. The van der Waals surface area contributed by atoms with E-state index in [0.717, 1.165) is 70.5 Å². The fraction of sp³-hybridized carbons (Fsp3) is 0.667. The number of hydrogen-bond acceptors (Lipinski definition) is 5. The minimum absolute atomic E-state index is 0.649. The van der Waals surface area contributed by atoms with Gasteiger partial charge in [0.1, 0.15) is 0 Å². The Labute approximate surface area is 139 Å². The molecule has 5 nitrogen and oxygen atoms in total. The summed E-state index contributed by atoms with van der Waals surface area (Å²) in [4.78, 5) is 2.43. The lowest BCUT2D eigenvalue weighted by molar-refractivity contribution is 0.0384. The Morgan fingerprint density at radius 2 is 1.96 bits per heavy atom. The van der Waals surface area contributed by atoms with Crippen LogP contribution in [-0.4, -0.2) is 57.5 Å². The molecule has 0 radical (unpaired) electrons. The first kappa shape index (κ1) is 18.0. The van der Waals surface area contributed by atoms with Crippen molar-refractivity contribution in [1.82, 2.24) is 10.2 Å². The fourth-order valence-electron chi connectivity index (χ4n) is 2.56. The van der Waals surface area contributed by atoms with Crippen LogP contribution in [0.25, 0.3) is 0 Å². The van der Waals surface area contributed by atoms with Gasteiger partial charge in [-0.25, -0.2) is 0 Å². The van der Waals surface area contributed by atoms with Crippen molar-refractivity contribution in [2.24, 2.45) is 0 Å². The zero-order chi connectivity index (χ0) is 16.3. The molecule has 1 aliphatic rings. The average Bonchev–Trinajstić information content (AvgIpc) is 2.59. The number of nitrogens with one attached hydrogen (secondary N) is 1. The largest absolute Gasteiger partial charge is 0.490 e. The molecule has 23 heavy (non-hydrogen) atoms. The van der Waals surface area contributed by atoms with Gasteiger partial charge in [0.15, 0.2) is 11.5 Å². The zero-order valence-corrected chi connectivity index (χ0v) is 14.5. The molecule has 1 aromatic carbocycles. The normalized spacial score (nSPS) is 15.6. The molecular formula is C18H30N2O3. The first-order valence-electron chi connectivity index (χ1n) is 8.72. The van der Waals surface area contributed by atoms with E-state index in [9.17, 15) is 0 Å². The van der Waals surface area contributed by atoms with Crippen LogP contribution in [0.2, 0.25) is 0 Å². The van der Waals surface area contributed by atoms with Crippen molar-refractivity contribution in [2.75, 3.05) is 52.6 Å². The molecule has 1 heterocycles. The highest BCUT2D eigenvalue weighted by Crippen LogP contribution is 2.28. The predicted octanol–water partition coefficient (Wildman–Crippen LogP) is 2.30. The van der Waals surface area contributed by atoms with E-state index >= 15 is 0 Å². The summed E-state index contributed by atoms with van der Waals surface area (Å²) in [5, 5.41) is 3.50. The van der Waals surface area contributed by atoms with E-state index in [1.807, 2.05) is 13.0 Å². The van der Waals surface area contributed by atoms with Crippen molar-refractivity contribution in [3.8, 4) is 11.5 Å². The topological polar surface area (TPSA) is 43.0 Å². The number of rotatable bonds is 10. The van der Waals surface area contributed by atoms with Crippen LogP contribution >= 0.6 is 0 Å². The summed E-state index contributed by atoms with van der Waals surface area (Å²) in [6.07, 6.45) is 0.996. The van der Waals surface area contributed by atoms with Gasteiger partial charge in [-0.05, 0) is 31.0 Å². The summed E-state index contributed by atoms with van der Waals surface area (Å²) in [5.74, 6) is 1.68. The summed E-state index contributed by atoms with van der Waals surface area (Å²) in [7, 11) is 0. The van der Waals surface area contributed by atoms with E-state index in [0.29, 0.717) is 6.61 Å². The van der Waals surface area contributed by atoms with Gasteiger partial charge in [0, 0.05) is 32.7 Å². The number of ether oxygens (including phenoxy) is 3. The van der Waals surface area contributed by atoms with Crippen molar-refractivity contribution in [1.29, 1.82) is 0 Å². The molecule has 1 aromatic rings. The lowest BCUT2D eigenvalue weighted by atomic mass is 10.2. The Hall–Kier alpha value is -1.30. The summed E-state index contributed by atoms with van der Waals surface area (Å²) >= 11 is 0. The van der Waals surface area contributed by atoms with Gasteiger partial charge in [-0.3, -0.25) is 4.90 Å². The van der Waals surface area contributed by atoms with Crippen LogP contribution in [0.4, 0.5) is 0 Å². The van der Waals surface area contributed by atoms with E-state index in [-0.39, 0.29) is 0 Å². The van der Waals surface area contributed by atoms with E-state index in [1.54, 1.807) is 0 Å². The number of benzene rings is 1. The molecule has 0 spiro atoms. The molecule has 5 heteroatoms. The highest BCUT2D eigenvalue weighted by Gasteiger charge is 2.09. The third-order valence-corrected chi connectivity index (χ3v) is 3.81. The lowest BCUT2D eigenvalue weighted by Crippen LogP contribution is -2.40. The molecule has 1 N–H and O–H groups in total. The van der Waals surface area contributed by atoms with Gasteiger partial charge in [-0.15, -0.1) is 0 Å². The number of morpholine rings is 1. The third-order valence-electron chi connectivity index (χ3n) is 3.81. The SMILES string of the molecule is CCCOc1ccc(CNCCN2CCOCC2)cc1OCC. The number of hydrogen-bond donors (Lipinski definition) is 1. The quantitative estimate of drug-likeness (QED) is 0.670. The smallest absolute Gasteiger partial charge is 0.161 e. The van der Waals surface area contributed by atoms with Gasteiger partial charge >= 0.3 is 0 Å². The molecular weight excluding hydrogens is 292 g/mol. The predicted molar refractivity (Wildman–Crippen MR) is 92.4 cm³/mol. The molecule has 0 atom stereocenters. The van der Waals surface area contributed by atoms with Crippen LogP contribution < -0.4 is 14.8 Å². The third kappa shape index (κ3) is 6.37. The summed E-state index contributed by atoms with van der Waals surface area (Å²) in [6, 6.07) is 6.20. The van der Waals surface area contributed by atoms with Gasteiger partial charge in [0.05, 0.1) is 26.4 Å². The first-order valence-corrected chi connectivity index (χ1v) is 8.72. The standard InChI is InChI=1S/C18H30N2O3/c1-3-11-23-17-6-5-16(14-18(17)22-4-2)15-19-7-8-20-9-12-21-13-10-20/h5-6,14,19H,3-4,7-13,15H2,1-2H3. The molecule has 0 unspecified atom stereocenters. The van der Waals surface area contributed by atoms with Crippen LogP contribution in [0.3, 0.4) is 0 Å². The highest BCUT2D eigenvalue weighted by molar-refractivity contribution is 5.43. The Morgan fingerprint density at radius 1 is 1.13 bits per heavy atom. The molecule has 130 valence electrons. The summed E-state index contributed by atoms with van der Waals surface area (Å²) in [6.45, 7) is 12.2. The maximum absolute atomic E-state index is 5.73. The van der Waals surface area contributed by atoms with Crippen molar-refractivity contribution >= 4 is 0 Å². The van der Waals surface area contributed by atoms with Gasteiger partial charge < -0.3 is 19.5 Å². The first-order chi connectivity index (χ1) is 11.3. The zero-order valence-electron chi connectivity index (χ0n) is 14.5. The van der Waals surface area contributed by atoms with Gasteiger partial charge in [-0.2, -0.15) is 0 Å². The second-order valence-electron chi connectivity index (χ2n) is 5.69. The number of nitrogens with zero attached hydrogens (tertiary/aromatic N) is 1. The van der Waals surface area contributed by atoms with Crippen LogP contribution in [0.1, 0.15) is 25.8 Å². The monoisotopic (exact) mass is 322 g/mol. The fourth-order valence-corrected chi connectivity index (χ4v) is 2.56. The molecule has 0 saturated carbocycles. The maximum Gasteiger partial charge on any atom is 0.161 e. The molecule has 0 aliphatic carbocycles. The van der Waals surface area contributed by atoms with Crippen molar-refractivity contribution in [3.05, 3.63) is 23.8 Å². The molecule has 2 rings (SSSR count). The van der Waals surface area contributed by atoms with Crippen molar-refractivity contribution in [3.63, 3.8) is 0 Å². The highest BCUT2D eigenvalue weighted by atomic mass is 16.5. The second kappa shape index (κ2) is 10.5. The van der Waals surface area contributed by atoms with Gasteiger partial charge in [0.25, 0.3) is 0 Å². The Kier molecular flexibility index (Phi) is 8.21. The van der Waals surface area contributed by atoms with Crippen LogP contribution in [0.5, 0.6) is 11.5 Å². The van der Waals surface area contributed by atoms with Crippen molar-refractivity contribution < 1.29 is 14.2 Å². The van der Waals surface area contributed by atoms with E-state index in [2.05, 4.69) is 29.3 Å². The molecule has 0 aromatic heterocycles. The summed E-state index contributed by atoms with van der Waals surface area (Å²) in [5.41, 5.74) is 1.22. The van der Waals surface area contributed by atoms with Gasteiger partial charge in [0.2, 0.25) is 0 Å². The van der Waals surface area contributed by atoms with Gasteiger partial charge in [-0.1, -0.05) is 13.0 Å². The maximum atomic E-state index is 5.73. The summed E-state index contributed by atoms with van der Waals surface area (Å²) < 4.78 is 16.8. The van der Waals surface area contributed by atoms with Crippen LogP contribution in [-0.2, 0) is 11.3 Å². The molecule has 1 aliphatic heterocycles. The van der Waals surface area contributed by atoms with E-state index in [1.165, 1.54) is 5.56 Å². The van der Waals surface area contributed by atoms with E-state index in [4.69, 9.17) is 14.2 Å². The minimum atomic E-state index is 0.649. The van der Waals surface area contributed by atoms with E-state index < -0.39 is 0 Å². The average molecular weight is 322 g/mol. The Balaban J connectivity index is 1.78. The second-order valence-corrected chi connectivity index (χ2v) is 5.69. The van der Waals surface area contributed by atoms with Crippen LogP contribution in [0.15, 0.2) is 18.2 Å². The van der Waals surface area contributed by atoms with Crippen LogP contribution in [0, 0.1) is 0 Å². The Morgan fingerprint density at radius 3 is 2.70 bits per heavy atom. The Bertz CT molecular complexity index is 448. The molecule has 0 bridgehead atoms. The molecule has 1 saturated heterocycles. The molecule has 0 amide bonds. The lowest BCUT2D eigenvalue weighted by Gasteiger charge is -2.26. The van der Waals surface area contributed by atoms with Crippen molar-refractivity contribution in [2.45, 2.75) is 26.8 Å².